The quantitative estimate of drug-likeness (QED) is 0.228. The zero-order valence-corrected chi connectivity index (χ0v) is 22.9. The molecule has 0 radical (unpaired) electrons. The molecule has 1 aromatic heterocycles. The van der Waals surface area contributed by atoms with Crippen molar-refractivity contribution in [3.8, 4) is 0 Å². The fraction of sp³-hybridized carbons (Fsp3) is 0.276. The third-order valence-electron chi connectivity index (χ3n) is 6.43. The van der Waals surface area contributed by atoms with Crippen molar-refractivity contribution in [3.05, 3.63) is 95.1 Å². The minimum absolute atomic E-state index is 0.0255. The molecule has 0 spiro atoms. The number of carbonyl (C=O) groups is 2. The summed E-state index contributed by atoms with van der Waals surface area (Å²) in [6, 6.07) is 22.3. The standard InChI is InChI=1S/C29H32N4O5S/c1-29(2,3)22-14-12-20(13-15-22)23(27(35)33-28-31-24-6-4-5-7-25(24)32-28)18-19-8-10-21(11-9-19)26(34)30-16-17-39(36,37)38/h4-15,23H,16-18H2,1-3H3,(H,30,34)(H,36,37,38)(H2,31,32,33,35). The van der Waals surface area contributed by atoms with Crippen LogP contribution in [0.15, 0.2) is 72.8 Å². The van der Waals surface area contributed by atoms with E-state index in [0.717, 1.165) is 27.7 Å². The Bertz CT molecular complexity index is 1540. The second-order valence-electron chi connectivity index (χ2n) is 10.5. The van der Waals surface area contributed by atoms with E-state index in [1.807, 2.05) is 48.5 Å². The highest BCUT2D eigenvalue weighted by molar-refractivity contribution is 7.85. The molecule has 39 heavy (non-hydrogen) atoms. The molecule has 0 aliphatic carbocycles. The molecule has 0 fully saturated rings. The Morgan fingerprint density at radius 3 is 2.26 bits per heavy atom. The van der Waals surface area contributed by atoms with Crippen LogP contribution in [0.5, 0.6) is 0 Å². The van der Waals surface area contributed by atoms with Crippen molar-refractivity contribution in [2.24, 2.45) is 0 Å². The maximum absolute atomic E-state index is 13.5. The topological polar surface area (TPSA) is 141 Å². The number of aromatic nitrogens is 2. The van der Waals surface area contributed by atoms with Crippen LogP contribution in [0.2, 0.25) is 0 Å². The fourth-order valence-corrected chi connectivity index (χ4v) is 4.58. The van der Waals surface area contributed by atoms with E-state index in [-0.39, 0.29) is 17.9 Å². The molecule has 0 aliphatic heterocycles. The van der Waals surface area contributed by atoms with Gasteiger partial charge in [0.2, 0.25) is 11.9 Å². The minimum atomic E-state index is -4.16. The van der Waals surface area contributed by atoms with Crippen LogP contribution in [0.1, 0.15) is 53.7 Å². The largest absolute Gasteiger partial charge is 0.351 e. The third-order valence-corrected chi connectivity index (χ3v) is 7.15. The summed E-state index contributed by atoms with van der Waals surface area (Å²) < 4.78 is 30.6. The number of aromatic amines is 1. The van der Waals surface area contributed by atoms with Crippen molar-refractivity contribution in [1.82, 2.24) is 15.3 Å². The monoisotopic (exact) mass is 548 g/mol. The lowest BCUT2D eigenvalue weighted by Gasteiger charge is -2.21. The van der Waals surface area contributed by atoms with Gasteiger partial charge in [-0.25, -0.2) is 4.98 Å². The summed E-state index contributed by atoms with van der Waals surface area (Å²) in [7, 11) is -4.16. The number of fused-ring (bicyclic) bond motifs is 1. The van der Waals surface area contributed by atoms with Crippen molar-refractivity contribution in [1.29, 1.82) is 0 Å². The summed E-state index contributed by atoms with van der Waals surface area (Å²) in [5.41, 5.74) is 4.74. The zero-order chi connectivity index (χ0) is 28.2. The lowest BCUT2D eigenvalue weighted by atomic mass is 9.84. The van der Waals surface area contributed by atoms with E-state index in [2.05, 4.69) is 41.4 Å². The first kappa shape index (κ1) is 28.0. The van der Waals surface area contributed by atoms with Gasteiger partial charge in [0.05, 0.1) is 22.7 Å². The van der Waals surface area contributed by atoms with Crippen LogP contribution in [0.4, 0.5) is 5.95 Å². The lowest BCUT2D eigenvalue weighted by Crippen LogP contribution is -2.28. The second-order valence-corrected chi connectivity index (χ2v) is 12.0. The summed E-state index contributed by atoms with van der Waals surface area (Å²) in [5, 5.41) is 5.38. The number of imidazole rings is 1. The van der Waals surface area contributed by atoms with Gasteiger partial charge in [0.15, 0.2) is 0 Å². The zero-order valence-electron chi connectivity index (χ0n) is 22.1. The van der Waals surface area contributed by atoms with Crippen LogP contribution < -0.4 is 10.6 Å². The summed E-state index contributed by atoms with van der Waals surface area (Å²) >= 11 is 0. The first-order valence-electron chi connectivity index (χ1n) is 12.6. The number of benzene rings is 3. The van der Waals surface area contributed by atoms with Gasteiger partial charge in [0.25, 0.3) is 16.0 Å². The molecule has 9 nitrogen and oxygen atoms in total. The number of para-hydroxylation sites is 2. The van der Waals surface area contributed by atoms with E-state index in [9.17, 15) is 18.0 Å². The molecule has 1 atom stereocenters. The van der Waals surface area contributed by atoms with Gasteiger partial charge in [-0.15, -0.1) is 0 Å². The number of H-pyrrole nitrogens is 1. The highest BCUT2D eigenvalue weighted by Gasteiger charge is 2.24. The minimum Gasteiger partial charge on any atom is -0.351 e. The molecule has 0 saturated heterocycles. The summed E-state index contributed by atoms with van der Waals surface area (Å²) in [6.07, 6.45) is 0.381. The SMILES string of the molecule is CC(C)(C)c1ccc(C(Cc2ccc(C(=O)NCCS(=O)(=O)O)cc2)C(=O)Nc2nc3ccccc3[nH]2)cc1. The van der Waals surface area contributed by atoms with E-state index in [0.29, 0.717) is 17.9 Å². The van der Waals surface area contributed by atoms with Crippen LogP contribution in [-0.2, 0) is 26.7 Å². The van der Waals surface area contributed by atoms with Crippen molar-refractivity contribution < 1.29 is 22.6 Å². The van der Waals surface area contributed by atoms with Crippen LogP contribution >= 0.6 is 0 Å². The van der Waals surface area contributed by atoms with Crippen molar-refractivity contribution in [3.63, 3.8) is 0 Å². The van der Waals surface area contributed by atoms with Gasteiger partial charge >= 0.3 is 0 Å². The maximum atomic E-state index is 13.5. The van der Waals surface area contributed by atoms with Gasteiger partial charge < -0.3 is 10.3 Å². The average molecular weight is 549 g/mol. The Kier molecular flexibility index (Phi) is 8.17. The molecular formula is C29H32N4O5S. The van der Waals surface area contributed by atoms with Crippen LogP contribution in [0, 0.1) is 0 Å². The molecule has 3 aromatic carbocycles. The Balaban J connectivity index is 1.54. The average Bonchev–Trinajstić information content (AvgIpc) is 3.28. The molecule has 1 heterocycles. The number of rotatable bonds is 9. The predicted molar refractivity (Wildman–Crippen MR) is 152 cm³/mol. The molecule has 2 amide bonds. The molecule has 10 heteroatoms. The van der Waals surface area contributed by atoms with Crippen LogP contribution in [-0.4, -0.2) is 47.1 Å². The molecule has 4 rings (SSSR count). The van der Waals surface area contributed by atoms with Gasteiger partial charge in [-0.05, 0) is 52.8 Å². The van der Waals surface area contributed by atoms with Crippen molar-refractivity contribution in [2.75, 3.05) is 17.6 Å². The van der Waals surface area contributed by atoms with Gasteiger partial charge in [-0.2, -0.15) is 8.42 Å². The van der Waals surface area contributed by atoms with E-state index in [1.165, 1.54) is 0 Å². The first-order valence-corrected chi connectivity index (χ1v) is 14.2. The first-order chi connectivity index (χ1) is 18.4. The number of nitrogens with one attached hydrogen (secondary N) is 3. The van der Waals surface area contributed by atoms with E-state index in [1.54, 1.807) is 24.3 Å². The highest BCUT2D eigenvalue weighted by Crippen LogP contribution is 2.28. The van der Waals surface area contributed by atoms with Gasteiger partial charge in [0, 0.05) is 12.1 Å². The number of carbonyl (C=O) groups excluding carboxylic acids is 2. The van der Waals surface area contributed by atoms with Crippen LogP contribution in [0.25, 0.3) is 11.0 Å². The maximum Gasteiger partial charge on any atom is 0.266 e. The highest BCUT2D eigenvalue weighted by atomic mass is 32.2. The van der Waals surface area contributed by atoms with Gasteiger partial charge in [-0.1, -0.05) is 69.3 Å². The van der Waals surface area contributed by atoms with E-state index >= 15 is 0 Å². The number of nitrogens with zero attached hydrogens (tertiary/aromatic N) is 1. The Labute approximate surface area is 227 Å². The van der Waals surface area contributed by atoms with E-state index in [4.69, 9.17) is 4.55 Å². The Hall–Kier alpha value is -4.02. The predicted octanol–water partition coefficient (Wildman–Crippen LogP) is 4.44. The molecule has 4 N–H and O–H groups in total. The van der Waals surface area contributed by atoms with E-state index < -0.39 is 27.7 Å². The number of amides is 2. The van der Waals surface area contributed by atoms with Gasteiger partial charge in [-0.3, -0.25) is 19.5 Å². The molecule has 204 valence electrons. The summed E-state index contributed by atoms with van der Waals surface area (Å²) in [4.78, 5) is 33.5. The smallest absolute Gasteiger partial charge is 0.266 e. The Morgan fingerprint density at radius 2 is 1.64 bits per heavy atom. The number of hydrogen-bond donors (Lipinski definition) is 4. The third kappa shape index (κ3) is 7.52. The fourth-order valence-electron chi connectivity index (χ4n) is 4.22. The normalized spacial score (nSPS) is 12.7. The molecule has 0 aliphatic rings. The number of anilines is 1. The van der Waals surface area contributed by atoms with Crippen molar-refractivity contribution in [2.45, 2.75) is 38.5 Å². The number of hydrogen-bond acceptors (Lipinski definition) is 5. The Morgan fingerprint density at radius 1 is 0.974 bits per heavy atom. The van der Waals surface area contributed by atoms with Crippen LogP contribution in [0.3, 0.4) is 0 Å². The van der Waals surface area contributed by atoms with Gasteiger partial charge in [0.1, 0.15) is 0 Å². The second kappa shape index (κ2) is 11.4. The molecule has 4 aromatic rings. The molecule has 0 saturated carbocycles. The van der Waals surface area contributed by atoms with Crippen molar-refractivity contribution >= 4 is 38.9 Å². The summed E-state index contributed by atoms with van der Waals surface area (Å²) in [6.45, 7) is 6.20. The summed E-state index contributed by atoms with van der Waals surface area (Å²) in [5.74, 6) is -1.39. The lowest BCUT2D eigenvalue weighted by molar-refractivity contribution is -0.117. The molecule has 0 bridgehead atoms. The molecule has 1 unspecified atom stereocenters. The molecular weight excluding hydrogens is 516 g/mol.